The first-order valence-corrected chi connectivity index (χ1v) is 6.67. The van der Waals surface area contributed by atoms with Crippen LogP contribution in [0.5, 0.6) is 0 Å². The van der Waals surface area contributed by atoms with Crippen molar-refractivity contribution >= 4 is 17.2 Å². The highest BCUT2D eigenvalue weighted by molar-refractivity contribution is 7.09. The number of rotatable bonds is 1. The van der Waals surface area contributed by atoms with Crippen LogP contribution in [0.25, 0.3) is 0 Å². The van der Waals surface area contributed by atoms with Gasteiger partial charge < -0.3 is 9.64 Å². The maximum Gasteiger partial charge on any atom is 0.228 e. The van der Waals surface area contributed by atoms with Crippen LogP contribution in [0.3, 0.4) is 0 Å². The van der Waals surface area contributed by atoms with Crippen molar-refractivity contribution in [3.05, 3.63) is 16.6 Å². The number of carbonyl (C=O) groups is 1. The Morgan fingerprint density at radius 2 is 2.35 bits per heavy atom. The first kappa shape index (κ1) is 12.5. The van der Waals surface area contributed by atoms with Crippen LogP contribution in [-0.4, -0.2) is 35.5 Å². The van der Waals surface area contributed by atoms with E-state index in [1.54, 1.807) is 17.5 Å². The Labute approximate surface area is 106 Å². The van der Waals surface area contributed by atoms with Crippen molar-refractivity contribution in [1.82, 2.24) is 9.88 Å². The quantitative estimate of drug-likeness (QED) is 0.770. The second-order valence-electron chi connectivity index (χ2n) is 5.23. The molecule has 0 aliphatic carbocycles. The molecule has 1 aromatic rings. The predicted octanol–water partition coefficient (Wildman–Crippen LogP) is 2.09. The number of hydrogen-bond donors (Lipinski definition) is 0. The largest absolute Gasteiger partial charge is 0.367 e. The highest BCUT2D eigenvalue weighted by Gasteiger charge is 2.32. The van der Waals surface area contributed by atoms with E-state index in [1.165, 1.54) is 0 Å². The summed E-state index contributed by atoms with van der Waals surface area (Å²) < 4.78 is 5.67. The number of morpholine rings is 1. The highest BCUT2D eigenvalue weighted by atomic mass is 32.1. The van der Waals surface area contributed by atoms with Crippen molar-refractivity contribution in [2.75, 3.05) is 19.7 Å². The molecule has 2 heterocycles. The van der Waals surface area contributed by atoms with Gasteiger partial charge in [-0.25, -0.2) is 4.98 Å². The lowest BCUT2D eigenvalue weighted by atomic mass is 9.94. The fourth-order valence-corrected chi connectivity index (χ4v) is 2.53. The first-order valence-electron chi connectivity index (χ1n) is 5.79. The Hall–Kier alpha value is -0.940. The maximum atomic E-state index is 12.2. The van der Waals surface area contributed by atoms with Gasteiger partial charge in [0.15, 0.2) is 0 Å². The van der Waals surface area contributed by atoms with E-state index in [0.717, 1.165) is 5.01 Å². The van der Waals surface area contributed by atoms with E-state index in [0.29, 0.717) is 19.7 Å². The van der Waals surface area contributed by atoms with E-state index in [2.05, 4.69) is 4.98 Å². The minimum atomic E-state index is -0.329. The standard InChI is InChI=1S/C12H18N2O2S/c1-12(2,3)11(15)14-5-6-16-9(8-14)10-13-4-7-17-10/h4,7,9H,5-6,8H2,1-3H3. The van der Waals surface area contributed by atoms with E-state index in [-0.39, 0.29) is 17.4 Å². The zero-order valence-corrected chi connectivity index (χ0v) is 11.3. The lowest BCUT2D eigenvalue weighted by molar-refractivity contribution is -0.147. The third-order valence-corrected chi connectivity index (χ3v) is 3.59. The highest BCUT2D eigenvalue weighted by Crippen LogP contribution is 2.26. The van der Waals surface area contributed by atoms with Gasteiger partial charge in [0.1, 0.15) is 11.1 Å². The fraction of sp³-hybridized carbons (Fsp3) is 0.667. The van der Waals surface area contributed by atoms with Crippen LogP contribution >= 0.6 is 11.3 Å². The fourth-order valence-electron chi connectivity index (χ4n) is 1.85. The van der Waals surface area contributed by atoms with Crippen LogP contribution in [0.4, 0.5) is 0 Å². The average Bonchev–Trinajstić information content (AvgIpc) is 2.80. The molecule has 4 nitrogen and oxygen atoms in total. The first-order chi connectivity index (χ1) is 7.98. The van der Waals surface area contributed by atoms with Crippen LogP contribution in [0, 0.1) is 5.41 Å². The molecule has 0 N–H and O–H groups in total. The van der Waals surface area contributed by atoms with Crippen LogP contribution in [-0.2, 0) is 9.53 Å². The molecule has 0 bridgehead atoms. The second kappa shape index (κ2) is 4.74. The average molecular weight is 254 g/mol. The van der Waals surface area contributed by atoms with Gasteiger partial charge in [0.2, 0.25) is 5.91 Å². The molecule has 0 radical (unpaired) electrons. The molecule has 5 heteroatoms. The number of aromatic nitrogens is 1. The molecule has 1 aliphatic heterocycles. The van der Waals surface area contributed by atoms with E-state index in [1.807, 2.05) is 31.1 Å². The van der Waals surface area contributed by atoms with Gasteiger partial charge in [-0.3, -0.25) is 4.79 Å². The van der Waals surface area contributed by atoms with Crippen molar-refractivity contribution in [1.29, 1.82) is 0 Å². The maximum absolute atomic E-state index is 12.2. The number of ether oxygens (including phenoxy) is 1. The van der Waals surface area contributed by atoms with E-state index in [9.17, 15) is 4.79 Å². The van der Waals surface area contributed by atoms with Crippen LogP contribution in [0.2, 0.25) is 0 Å². The Morgan fingerprint density at radius 1 is 1.59 bits per heavy atom. The number of hydrogen-bond acceptors (Lipinski definition) is 4. The number of thiazole rings is 1. The lowest BCUT2D eigenvalue weighted by Gasteiger charge is -2.35. The van der Waals surface area contributed by atoms with Crippen LogP contribution < -0.4 is 0 Å². The predicted molar refractivity (Wildman–Crippen MR) is 66.8 cm³/mol. The van der Waals surface area contributed by atoms with Crippen molar-refractivity contribution in [2.24, 2.45) is 5.41 Å². The summed E-state index contributed by atoms with van der Waals surface area (Å²) in [5.74, 6) is 0.183. The summed E-state index contributed by atoms with van der Waals surface area (Å²) >= 11 is 1.58. The number of carbonyl (C=O) groups excluding carboxylic acids is 1. The normalized spacial score (nSPS) is 21.6. The monoisotopic (exact) mass is 254 g/mol. The molecule has 1 aromatic heterocycles. The summed E-state index contributed by atoms with van der Waals surface area (Å²) in [4.78, 5) is 18.3. The SMILES string of the molecule is CC(C)(C)C(=O)N1CCOC(c2nccs2)C1. The van der Waals surface area contributed by atoms with Crippen LogP contribution in [0.1, 0.15) is 31.9 Å². The van der Waals surface area contributed by atoms with Gasteiger partial charge in [-0.15, -0.1) is 11.3 Å². The van der Waals surface area contributed by atoms with Gasteiger partial charge in [0, 0.05) is 23.5 Å². The minimum Gasteiger partial charge on any atom is -0.367 e. The summed E-state index contributed by atoms with van der Waals surface area (Å²) in [6.07, 6.45) is 1.71. The summed E-state index contributed by atoms with van der Waals surface area (Å²) in [5.41, 5.74) is -0.329. The molecule has 94 valence electrons. The number of nitrogens with zero attached hydrogens (tertiary/aromatic N) is 2. The van der Waals surface area contributed by atoms with Gasteiger partial charge in [0.05, 0.1) is 13.2 Å². The van der Waals surface area contributed by atoms with Crippen LogP contribution in [0.15, 0.2) is 11.6 Å². The molecular weight excluding hydrogens is 236 g/mol. The van der Waals surface area contributed by atoms with Crippen molar-refractivity contribution in [3.63, 3.8) is 0 Å². The van der Waals surface area contributed by atoms with Crippen molar-refractivity contribution in [3.8, 4) is 0 Å². The second-order valence-corrected chi connectivity index (χ2v) is 6.16. The zero-order chi connectivity index (χ0) is 12.5. The van der Waals surface area contributed by atoms with Crippen molar-refractivity contribution < 1.29 is 9.53 Å². The Balaban J connectivity index is 2.05. The molecule has 1 unspecified atom stereocenters. The Kier molecular flexibility index (Phi) is 3.49. The molecule has 1 fully saturated rings. The smallest absolute Gasteiger partial charge is 0.228 e. The van der Waals surface area contributed by atoms with Gasteiger partial charge in [0.25, 0.3) is 0 Å². The molecule has 0 aromatic carbocycles. The Bertz CT molecular complexity index is 384. The number of amides is 1. The summed E-state index contributed by atoms with van der Waals surface area (Å²) in [5, 5.41) is 2.89. The van der Waals surface area contributed by atoms with E-state index >= 15 is 0 Å². The molecule has 0 spiro atoms. The van der Waals surface area contributed by atoms with E-state index in [4.69, 9.17) is 4.74 Å². The third kappa shape index (κ3) is 2.84. The summed E-state index contributed by atoms with van der Waals surface area (Å²) in [7, 11) is 0. The molecule has 1 saturated heterocycles. The third-order valence-electron chi connectivity index (χ3n) is 2.72. The topological polar surface area (TPSA) is 42.4 Å². The molecule has 1 atom stereocenters. The lowest BCUT2D eigenvalue weighted by Crippen LogP contribution is -2.46. The molecule has 17 heavy (non-hydrogen) atoms. The Morgan fingerprint density at radius 3 is 2.94 bits per heavy atom. The summed E-state index contributed by atoms with van der Waals surface area (Å²) in [6, 6.07) is 0. The van der Waals surface area contributed by atoms with Gasteiger partial charge in [-0.2, -0.15) is 0 Å². The molecule has 2 rings (SSSR count). The molecule has 0 saturated carbocycles. The minimum absolute atomic E-state index is 0.0601. The van der Waals surface area contributed by atoms with Crippen molar-refractivity contribution in [2.45, 2.75) is 26.9 Å². The van der Waals surface area contributed by atoms with Gasteiger partial charge in [-0.05, 0) is 0 Å². The molecule has 1 aliphatic rings. The molecular formula is C12H18N2O2S. The summed E-state index contributed by atoms with van der Waals surface area (Å²) in [6.45, 7) is 7.73. The van der Waals surface area contributed by atoms with E-state index < -0.39 is 0 Å². The zero-order valence-electron chi connectivity index (χ0n) is 10.5. The van der Waals surface area contributed by atoms with Gasteiger partial charge in [-0.1, -0.05) is 20.8 Å². The van der Waals surface area contributed by atoms with Gasteiger partial charge >= 0.3 is 0 Å². The molecule has 1 amide bonds.